The van der Waals surface area contributed by atoms with Crippen molar-refractivity contribution in [2.75, 3.05) is 23.4 Å². The van der Waals surface area contributed by atoms with E-state index >= 15 is 0 Å². The van der Waals surface area contributed by atoms with Crippen LogP contribution in [0.2, 0.25) is 0 Å². The van der Waals surface area contributed by atoms with Gasteiger partial charge in [0, 0.05) is 12.6 Å². The van der Waals surface area contributed by atoms with Gasteiger partial charge in [0.15, 0.2) is 5.69 Å². The number of aromatic nitrogens is 1. The van der Waals surface area contributed by atoms with Gasteiger partial charge in [-0.15, -0.1) is 0 Å². The Morgan fingerprint density at radius 2 is 2.24 bits per heavy atom. The highest BCUT2D eigenvalue weighted by atomic mass is 32.2. The van der Waals surface area contributed by atoms with Gasteiger partial charge in [0.05, 0.1) is 5.60 Å². The van der Waals surface area contributed by atoms with Crippen molar-refractivity contribution in [2.45, 2.75) is 37.3 Å². The van der Waals surface area contributed by atoms with Gasteiger partial charge >= 0.3 is 5.97 Å². The lowest BCUT2D eigenvalue weighted by Gasteiger charge is -2.43. The number of hydrogen-bond donors (Lipinski definition) is 2. The molecule has 2 fully saturated rings. The van der Waals surface area contributed by atoms with E-state index in [1.807, 2.05) is 17.8 Å². The van der Waals surface area contributed by atoms with E-state index in [0.29, 0.717) is 11.9 Å². The number of aromatic carboxylic acids is 1. The van der Waals surface area contributed by atoms with Gasteiger partial charge in [-0.1, -0.05) is 6.07 Å². The molecule has 114 valence electrons. The van der Waals surface area contributed by atoms with Crippen LogP contribution in [0.3, 0.4) is 0 Å². The summed E-state index contributed by atoms with van der Waals surface area (Å²) in [7, 11) is 0. The summed E-state index contributed by atoms with van der Waals surface area (Å²) < 4.78 is 6.07. The van der Waals surface area contributed by atoms with Gasteiger partial charge in [0.1, 0.15) is 5.82 Å². The summed E-state index contributed by atoms with van der Waals surface area (Å²) in [6, 6.07) is 5.37. The first kappa shape index (κ1) is 14.7. The molecule has 6 heteroatoms. The number of carbonyl (C=O) groups is 1. The van der Waals surface area contributed by atoms with Crippen molar-refractivity contribution in [1.82, 2.24) is 4.98 Å². The lowest BCUT2D eigenvalue weighted by molar-refractivity contribution is -0.0866. The van der Waals surface area contributed by atoms with E-state index in [0.717, 1.165) is 32.3 Å². The van der Waals surface area contributed by atoms with Crippen LogP contribution >= 0.6 is 11.8 Å². The first-order chi connectivity index (χ1) is 10.2. The topological polar surface area (TPSA) is 71.5 Å². The Morgan fingerprint density at radius 3 is 3.00 bits per heavy atom. The second kappa shape index (κ2) is 6.23. The summed E-state index contributed by atoms with van der Waals surface area (Å²) in [6.45, 7) is 0.765. The van der Waals surface area contributed by atoms with Crippen LogP contribution < -0.4 is 5.32 Å². The molecule has 0 amide bonds. The van der Waals surface area contributed by atoms with Gasteiger partial charge < -0.3 is 15.2 Å². The zero-order chi connectivity index (χ0) is 14.7. The maximum absolute atomic E-state index is 11.0. The van der Waals surface area contributed by atoms with Crippen molar-refractivity contribution in [1.29, 1.82) is 0 Å². The van der Waals surface area contributed by atoms with Crippen molar-refractivity contribution in [3.63, 3.8) is 0 Å². The highest BCUT2D eigenvalue weighted by Crippen LogP contribution is 2.38. The molecule has 0 aromatic carbocycles. The van der Waals surface area contributed by atoms with Crippen LogP contribution in [0.4, 0.5) is 5.82 Å². The van der Waals surface area contributed by atoms with Crippen LogP contribution in [0, 0.1) is 0 Å². The molecule has 1 unspecified atom stereocenters. The predicted octanol–water partition coefficient (Wildman–Crippen LogP) is 2.64. The Bertz CT molecular complexity index is 512. The molecular formula is C15H20N2O3S. The van der Waals surface area contributed by atoms with E-state index < -0.39 is 5.97 Å². The van der Waals surface area contributed by atoms with E-state index in [2.05, 4.69) is 10.3 Å². The minimum atomic E-state index is -0.994. The van der Waals surface area contributed by atoms with E-state index in [1.165, 1.54) is 17.6 Å². The second-order valence-corrected chi connectivity index (χ2v) is 6.92. The van der Waals surface area contributed by atoms with Gasteiger partial charge in [-0.25, -0.2) is 9.78 Å². The fourth-order valence-electron chi connectivity index (χ4n) is 3.09. The Morgan fingerprint density at radius 1 is 1.43 bits per heavy atom. The minimum absolute atomic E-state index is 0.0194. The van der Waals surface area contributed by atoms with E-state index in [1.54, 1.807) is 6.07 Å². The average molecular weight is 308 g/mol. The van der Waals surface area contributed by atoms with E-state index in [-0.39, 0.29) is 11.3 Å². The molecule has 1 aromatic rings. The highest BCUT2D eigenvalue weighted by molar-refractivity contribution is 7.99. The summed E-state index contributed by atoms with van der Waals surface area (Å²) in [6.07, 6.45) is 4.14. The molecule has 3 heterocycles. The van der Waals surface area contributed by atoms with Crippen LogP contribution in [-0.4, -0.2) is 45.8 Å². The molecule has 0 radical (unpaired) electrons. The van der Waals surface area contributed by atoms with Crippen molar-refractivity contribution < 1.29 is 14.6 Å². The van der Waals surface area contributed by atoms with Crippen molar-refractivity contribution in [2.24, 2.45) is 0 Å². The highest BCUT2D eigenvalue weighted by Gasteiger charge is 2.38. The maximum atomic E-state index is 11.0. The van der Waals surface area contributed by atoms with Crippen LogP contribution in [0.15, 0.2) is 18.2 Å². The molecule has 1 atom stereocenters. The monoisotopic (exact) mass is 308 g/mol. The number of pyridine rings is 1. The number of anilines is 1. The van der Waals surface area contributed by atoms with Gasteiger partial charge in [0.25, 0.3) is 0 Å². The van der Waals surface area contributed by atoms with E-state index in [4.69, 9.17) is 9.84 Å². The summed E-state index contributed by atoms with van der Waals surface area (Å²) in [5, 5.41) is 12.4. The molecular weight excluding hydrogens is 288 g/mol. The summed E-state index contributed by atoms with van der Waals surface area (Å²) in [4.78, 5) is 15.1. The smallest absolute Gasteiger partial charge is 0.354 e. The molecule has 21 heavy (non-hydrogen) atoms. The Labute approximate surface area is 128 Å². The van der Waals surface area contributed by atoms with Gasteiger partial charge in [0.2, 0.25) is 0 Å². The number of carboxylic acid groups (broad SMARTS) is 1. The molecule has 2 N–H and O–H groups in total. The van der Waals surface area contributed by atoms with Crippen LogP contribution in [0.5, 0.6) is 0 Å². The molecule has 3 rings (SSSR count). The van der Waals surface area contributed by atoms with Crippen LogP contribution in [0.25, 0.3) is 0 Å². The lowest BCUT2D eigenvalue weighted by atomic mass is 9.85. The lowest BCUT2D eigenvalue weighted by Crippen LogP contribution is -2.46. The van der Waals surface area contributed by atoms with Crippen molar-refractivity contribution >= 4 is 23.5 Å². The summed E-state index contributed by atoms with van der Waals surface area (Å²) in [5.74, 6) is 1.98. The molecule has 0 saturated carbocycles. The minimum Gasteiger partial charge on any atom is -0.477 e. The van der Waals surface area contributed by atoms with E-state index in [9.17, 15) is 4.79 Å². The number of nitrogens with one attached hydrogen (secondary N) is 1. The van der Waals surface area contributed by atoms with Crippen molar-refractivity contribution in [3.8, 4) is 0 Å². The van der Waals surface area contributed by atoms with Crippen LogP contribution in [0.1, 0.15) is 36.2 Å². The van der Waals surface area contributed by atoms with Gasteiger partial charge in [-0.2, -0.15) is 11.8 Å². The Hall–Kier alpha value is -1.27. The molecule has 0 aliphatic carbocycles. The SMILES string of the molecule is O=C(O)c1cccc(NC2CCOC3(CCSCC3)C2)n1. The third-order valence-electron chi connectivity index (χ3n) is 4.22. The number of rotatable bonds is 3. The molecule has 5 nitrogen and oxygen atoms in total. The molecule has 1 aromatic heterocycles. The van der Waals surface area contributed by atoms with Crippen LogP contribution in [-0.2, 0) is 4.74 Å². The zero-order valence-corrected chi connectivity index (χ0v) is 12.7. The fourth-order valence-corrected chi connectivity index (χ4v) is 4.32. The first-order valence-corrected chi connectivity index (χ1v) is 8.51. The maximum Gasteiger partial charge on any atom is 0.354 e. The number of hydrogen-bond acceptors (Lipinski definition) is 5. The molecule has 1 spiro atoms. The normalized spacial score (nSPS) is 24.7. The standard InChI is InChI=1S/C15H20N2O3S/c18-14(19)12-2-1-3-13(17-12)16-11-4-7-20-15(10-11)5-8-21-9-6-15/h1-3,11H,4-10H2,(H,16,17)(H,18,19). The number of thioether (sulfide) groups is 1. The number of nitrogens with zero attached hydrogens (tertiary/aromatic N) is 1. The summed E-state index contributed by atoms with van der Waals surface area (Å²) >= 11 is 1.99. The quantitative estimate of drug-likeness (QED) is 0.894. The first-order valence-electron chi connectivity index (χ1n) is 7.35. The largest absolute Gasteiger partial charge is 0.477 e. The average Bonchev–Trinajstić information content (AvgIpc) is 2.48. The molecule has 2 aliphatic heterocycles. The second-order valence-electron chi connectivity index (χ2n) is 5.69. The van der Waals surface area contributed by atoms with Gasteiger partial charge in [-0.3, -0.25) is 0 Å². The molecule has 2 aliphatic rings. The Kier molecular flexibility index (Phi) is 4.35. The summed E-state index contributed by atoms with van der Waals surface area (Å²) in [5.41, 5.74) is 0.0989. The molecule has 0 bridgehead atoms. The Balaban J connectivity index is 1.67. The van der Waals surface area contributed by atoms with Gasteiger partial charge in [-0.05, 0) is 49.3 Å². The zero-order valence-electron chi connectivity index (χ0n) is 11.9. The third kappa shape index (κ3) is 3.49. The number of carboxylic acids is 1. The third-order valence-corrected chi connectivity index (χ3v) is 5.20. The fraction of sp³-hybridized carbons (Fsp3) is 0.600. The predicted molar refractivity (Wildman–Crippen MR) is 83.1 cm³/mol. The van der Waals surface area contributed by atoms with Crippen molar-refractivity contribution in [3.05, 3.63) is 23.9 Å². The molecule has 2 saturated heterocycles. The number of ether oxygens (including phenoxy) is 1.